The quantitative estimate of drug-likeness (QED) is 0.198. The lowest BCUT2D eigenvalue weighted by atomic mass is 9.53. The summed E-state index contributed by atoms with van der Waals surface area (Å²) in [6.07, 6.45) is 0. The number of aromatic nitrogens is 1. The second kappa shape index (κ2) is 9.79. The Balaban J connectivity index is 1.33. The van der Waals surface area contributed by atoms with E-state index in [1.807, 2.05) is 17.8 Å². The van der Waals surface area contributed by atoms with Gasteiger partial charge in [0.05, 0.1) is 16.6 Å². The third kappa shape index (κ3) is 3.73. The molecule has 0 bridgehead atoms. The van der Waals surface area contributed by atoms with Crippen LogP contribution in [0.4, 0.5) is 0 Å². The molecule has 45 heavy (non-hydrogen) atoms. The van der Waals surface area contributed by atoms with Gasteiger partial charge in [0.15, 0.2) is 0 Å². The van der Waals surface area contributed by atoms with Crippen molar-refractivity contribution in [2.24, 2.45) is 0 Å². The lowest BCUT2D eigenvalue weighted by Crippen LogP contribution is -2.43. The Bertz CT molecular complexity index is 2240. The maximum atomic E-state index is 5.04. The summed E-state index contributed by atoms with van der Waals surface area (Å²) >= 11 is 1.89. The van der Waals surface area contributed by atoms with Crippen LogP contribution in [0.15, 0.2) is 161 Å². The minimum atomic E-state index is -0.418. The molecule has 0 unspecified atom stereocenters. The molecule has 0 saturated heterocycles. The Labute approximate surface area is 268 Å². The molecule has 0 fully saturated rings. The molecule has 2 aliphatic rings. The summed E-state index contributed by atoms with van der Waals surface area (Å²) < 4.78 is 0. The van der Waals surface area contributed by atoms with E-state index in [1.54, 1.807) is 0 Å². The topological polar surface area (TPSA) is 12.9 Å². The maximum Gasteiger partial charge on any atom is 0.0729 e. The van der Waals surface area contributed by atoms with Crippen molar-refractivity contribution in [1.29, 1.82) is 0 Å². The van der Waals surface area contributed by atoms with Gasteiger partial charge >= 0.3 is 0 Å². The molecule has 2 heteroatoms. The first-order valence-electron chi connectivity index (χ1n) is 15.6. The third-order valence-corrected chi connectivity index (χ3v) is 11.1. The molecule has 1 aliphatic carbocycles. The van der Waals surface area contributed by atoms with E-state index in [-0.39, 0.29) is 5.41 Å². The predicted molar refractivity (Wildman–Crippen MR) is 187 cm³/mol. The van der Waals surface area contributed by atoms with E-state index in [4.69, 9.17) is 4.98 Å². The zero-order valence-corrected chi connectivity index (χ0v) is 26.1. The van der Waals surface area contributed by atoms with E-state index < -0.39 is 5.41 Å². The van der Waals surface area contributed by atoms with Gasteiger partial charge in [-0.25, -0.2) is 4.98 Å². The first-order valence-corrected chi connectivity index (χ1v) is 16.5. The van der Waals surface area contributed by atoms with Crippen LogP contribution in [0.1, 0.15) is 47.2 Å². The van der Waals surface area contributed by atoms with Gasteiger partial charge in [0.25, 0.3) is 0 Å². The molecule has 0 saturated carbocycles. The summed E-state index contributed by atoms with van der Waals surface area (Å²) in [4.78, 5) is 7.70. The van der Waals surface area contributed by atoms with Crippen molar-refractivity contribution < 1.29 is 0 Å². The molecule has 1 spiro atoms. The van der Waals surface area contributed by atoms with Crippen LogP contribution in [0.5, 0.6) is 0 Å². The van der Waals surface area contributed by atoms with Crippen LogP contribution in [0.2, 0.25) is 0 Å². The smallest absolute Gasteiger partial charge is 0.0729 e. The van der Waals surface area contributed by atoms with Crippen molar-refractivity contribution in [3.8, 4) is 22.4 Å². The number of rotatable bonds is 2. The zero-order chi connectivity index (χ0) is 30.2. The Hall–Kier alpha value is -4.92. The summed E-state index contributed by atoms with van der Waals surface area (Å²) in [6.45, 7) is 4.82. The number of nitrogens with zero attached hydrogens (tertiary/aromatic N) is 1. The standard InChI is InChI=1S/C43H31NS/c1-42(2)32-16-6-7-17-33(32)43(34-18-8-10-21-39(34)45-40-22-11-9-19-35(40)43)36-20-12-15-31(41(36)42)29-23-25-38-30(27-29)24-26-37(44-38)28-13-4-3-5-14-28/h3-27H,1-2H3. The number of fused-ring (bicyclic) bond motifs is 9. The second-order valence-corrected chi connectivity index (χ2v) is 13.8. The molecule has 0 N–H and O–H groups in total. The summed E-state index contributed by atoms with van der Waals surface area (Å²) in [5.41, 5.74) is 13.3. The van der Waals surface area contributed by atoms with Gasteiger partial charge in [-0.1, -0.05) is 147 Å². The Kier molecular flexibility index (Phi) is 5.76. The fraction of sp³-hybridized carbons (Fsp3) is 0.0930. The lowest BCUT2D eigenvalue weighted by Gasteiger charge is -2.51. The van der Waals surface area contributed by atoms with Crippen molar-refractivity contribution in [2.45, 2.75) is 34.5 Å². The molecule has 214 valence electrons. The van der Waals surface area contributed by atoms with Crippen LogP contribution < -0.4 is 0 Å². The summed E-state index contributed by atoms with van der Waals surface area (Å²) in [5, 5.41) is 1.15. The molecule has 2 heterocycles. The van der Waals surface area contributed by atoms with Gasteiger partial charge in [0.2, 0.25) is 0 Å². The van der Waals surface area contributed by atoms with Gasteiger partial charge in [-0.05, 0) is 74.8 Å². The molecule has 0 atom stereocenters. The first-order chi connectivity index (χ1) is 22.1. The van der Waals surface area contributed by atoms with Gasteiger partial charge in [-0.15, -0.1) is 0 Å². The molecular weight excluding hydrogens is 563 g/mol. The number of pyridine rings is 1. The maximum absolute atomic E-state index is 5.04. The second-order valence-electron chi connectivity index (χ2n) is 12.7. The fourth-order valence-corrected chi connectivity index (χ4v) is 9.24. The monoisotopic (exact) mass is 593 g/mol. The van der Waals surface area contributed by atoms with Crippen molar-refractivity contribution in [3.63, 3.8) is 0 Å². The normalized spacial score (nSPS) is 15.2. The molecule has 0 radical (unpaired) electrons. The average Bonchev–Trinajstić information content (AvgIpc) is 3.10. The van der Waals surface area contributed by atoms with Crippen molar-refractivity contribution in [3.05, 3.63) is 185 Å². The Morgan fingerprint density at radius 1 is 0.489 bits per heavy atom. The van der Waals surface area contributed by atoms with Gasteiger partial charge < -0.3 is 0 Å². The molecular formula is C43H31NS. The SMILES string of the molecule is CC1(C)c2ccccc2C2(c3ccccc3Sc3ccccc32)c2cccc(-c3ccc4nc(-c5ccccc5)ccc4c3)c21. The third-order valence-electron chi connectivity index (χ3n) is 9.97. The van der Waals surface area contributed by atoms with Gasteiger partial charge in [-0.2, -0.15) is 0 Å². The van der Waals surface area contributed by atoms with Crippen LogP contribution >= 0.6 is 11.8 Å². The average molecular weight is 594 g/mol. The highest BCUT2D eigenvalue weighted by Crippen LogP contribution is 2.62. The summed E-state index contributed by atoms with van der Waals surface area (Å²) in [6, 6.07) is 55.8. The van der Waals surface area contributed by atoms with E-state index in [9.17, 15) is 0 Å². The van der Waals surface area contributed by atoms with E-state index in [0.717, 1.165) is 22.2 Å². The van der Waals surface area contributed by atoms with Crippen molar-refractivity contribution in [1.82, 2.24) is 4.98 Å². The van der Waals surface area contributed by atoms with E-state index in [1.165, 1.54) is 54.3 Å². The zero-order valence-electron chi connectivity index (χ0n) is 25.3. The first kappa shape index (κ1) is 26.5. The molecule has 7 aromatic rings. The van der Waals surface area contributed by atoms with E-state index in [0.29, 0.717) is 0 Å². The molecule has 9 rings (SSSR count). The Morgan fingerprint density at radius 2 is 1.11 bits per heavy atom. The minimum absolute atomic E-state index is 0.216. The molecule has 1 aromatic heterocycles. The van der Waals surface area contributed by atoms with Crippen LogP contribution in [0.25, 0.3) is 33.3 Å². The van der Waals surface area contributed by atoms with E-state index >= 15 is 0 Å². The predicted octanol–water partition coefficient (Wildman–Crippen LogP) is 11.1. The minimum Gasteiger partial charge on any atom is -0.248 e. The fourth-order valence-electron chi connectivity index (χ4n) is 8.05. The molecule has 1 nitrogen and oxygen atoms in total. The molecule has 6 aromatic carbocycles. The lowest BCUT2D eigenvalue weighted by molar-refractivity contribution is 0.550. The Morgan fingerprint density at radius 3 is 1.84 bits per heavy atom. The van der Waals surface area contributed by atoms with Crippen LogP contribution in [0.3, 0.4) is 0 Å². The van der Waals surface area contributed by atoms with Crippen LogP contribution in [-0.2, 0) is 10.8 Å². The van der Waals surface area contributed by atoms with Crippen LogP contribution in [0, 0.1) is 0 Å². The molecule has 1 aliphatic heterocycles. The van der Waals surface area contributed by atoms with Gasteiger partial charge in [0.1, 0.15) is 0 Å². The number of hydrogen-bond donors (Lipinski definition) is 0. The van der Waals surface area contributed by atoms with Crippen molar-refractivity contribution in [2.75, 3.05) is 0 Å². The van der Waals surface area contributed by atoms with Gasteiger partial charge in [0, 0.05) is 26.2 Å². The van der Waals surface area contributed by atoms with Gasteiger partial charge in [-0.3, -0.25) is 0 Å². The number of hydrogen-bond acceptors (Lipinski definition) is 2. The highest BCUT2D eigenvalue weighted by atomic mass is 32.2. The summed E-state index contributed by atoms with van der Waals surface area (Å²) in [7, 11) is 0. The summed E-state index contributed by atoms with van der Waals surface area (Å²) in [5.74, 6) is 0. The highest BCUT2D eigenvalue weighted by molar-refractivity contribution is 7.99. The van der Waals surface area contributed by atoms with E-state index in [2.05, 4.69) is 159 Å². The number of benzene rings is 6. The van der Waals surface area contributed by atoms with Crippen LogP contribution in [-0.4, -0.2) is 4.98 Å². The molecule has 0 amide bonds. The van der Waals surface area contributed by atoms with Crippen molar-refractivity contribution >= 4 is 22.7 Å². The highest BCUT2D eigenvalue weighted by Gasteiger charge is 2.52. The largest absolute Gasteiger partial charge is 0.248 e.